The van der Waals surface area contributed by atoms with Gasteiger partial charge in [-0.05, 0) is 54.8 Å². The second kappa shape index (κ2) is 6.41. The molecule has 2 heterocycles. The van der Waals surface area contributed by atoms with Crippen LogP contribution in [0.5, 0.6) is 5.75 Å². The zero-order chi connectivity index (χ0) is 20.1. The number of ether oxygens (including phenoxy) is 1. The molecule has 3 aromatic carbocycles. The average Bonchev–Trinajstić information content (AvgIpc) is 3.25. The molecular weight excluding hydrogens is 364 g/mol. The minimum absolute atomic E-state index is 0.104. The van der Waals surface area contributed by atoms with E-state index in [-0.39, 0.29) is 12.4 Å². The van der Waals surface area contributed by atoms with E-state index in [2.05, 4.69) is 35.1 Å². The van der Waals surface area contributed by atoms with Gasteiger partial charge in [0.25, 0.3) is 0 Å². The van der Waals surface area contributed by atoms with Crippen molar-refractivity contribution in [2.75, 3.05) is 0 Å². The highest BCUT2D eigenvalue weighted by Crippen LogP contribution is 2.35. The molecule has 144 valence electrons. The Morgan fingerprint density at radius 3 is 2.59 bits per heavy atom. The largest absolute Gasteiger partial charge is 0.508 e. The van der Waals surface area contributed by atoms with Crippen molar-refractivity contribution in [1.29, 1.82) is 0 Å². The van der Waals surface area contributed by atoms with Crippen LogP contribution in [0.3, 0.4) is 0 Å². The van der Waals surface area contributed by atoms with Crippen LogP contribution < -0.4 is 0 Å². The van der Waals surface area contributed by atoms with Gasteiger partial charge < -0.3 is 19.8 Å². The van der Waals surface area contributed by atoms with E-state index < -0.39 is 5.97 Å². The highest BCUT2D eigenvalue weighted by molar-refractivity contribution is 6.15. The van der Waals surface area contributed by atoms with Crippen LogP contribution in [0.25, 0.3) is 32.7 Å². The number of rotatable bonds is 3. The van der Waals surface area contributed by atoms with Crippen LogP contribution in [-0.2, 0) is 11.3 Å². The normalized spacial score (nSPS) is 11.5. The number of nitrogens with one attached hydrogen (secondary N) is 2. The van der Waals surface area contributed by atoms with E-state index in [4.69, 9.17) is 4.74 Å². The summed E-state index contributed by atoms with van der Waals surface area (Å²) in [6, 6.07) is 17.0. The molecule has 0 aliphatic rings. The van der Waals surface area contributed by atoms with Gasteiger partial charge in [0.15, 0.2) is 0 Å². The number of aromatic nitrogens is 2. The Balaban J connectivity index is 1.56. The Labute approximate surface area is 166 Å². The number of fused-ring (bicyclic) bond motifs is 4. The maximum atomic E-state index is 12.7. The lowest BCUT2D eigenvalue weighted by Crippen LogP contribution is -2.07. The predicted octanol–water partition coefficient (Wildman–Crippen LogP) is 5.48. The summed E-state index contributed by atoms with van der Waals surface area (Å²) >= 11 is 0. The number of carbonyl (C=O) groups is 1. The van der Waals surface area contributed by atoms with E-state index >= 15 is 0 Å². The summed E-state index contributed by atoms with van der Waals surface area (Å²) in [5, 5.41) is 12.9. The zero-order valence-corrected chi connectivity index (χ0v) is 16.2. The van der Waals surface area contributed by atoms with Gasteiger partial charge in [0, 0.05) is 27.2 Å². The molecule has 3 N–H and O–H groups in total. The highest BCUT2D eigenvalue weighted by atomic mass is 16.5. The van der Waals surface area contributed by atoms with Gasteiger partial charge in [-0.3, -0.25) is 0 Å². The third kappa shape index (κ3) is 2.74. The molecule has 0 amide bonds. The number of H-pyrrole nitrogens is 2. The zero-order valence-electron chi connectivity index (χ0n) is 16.2. The van der Waals surface area contributed by atoms with Gasteiger partial charge in [-0.2, -0.15) is 0 Å². The first-order valence-electron chi connectivity index (χ1n) is 9.50. The van der Waals surface area contributed by atoms with Gasteiger partial charge in [-0.25, -0.2) is 4.79 Å². The minimum Gasteiger partial charge on any atom is -0.508 e. The maximum absolute atomic E-state index is 12.7. The Bertz CT molecular complexity index is 1410. The lowest BCUT2D eigenvalue weighted by molar-refractivity contribution is 0.0465. The van der Waals surface area contributed by atoms with E-state index in [9.17, 15) is 9.90 Å². The number of aromatic amines is 2. The fraction of sp³-hybridized carbons (Fsp3) is 0.125. The fourth-order valence-electron chi connectivity index (χ4n) is 4.16. The van der Waals surface area contributed by atoms with Crippen LogP contribution in [0.2, 0.25) is 0 Å². The molecule has 0 radical (unpaired) electrons. The van der Waals surface area contributed by atoms with Crippen molar-refractivity contribution in [1.82, 2.24) is 9.97 Å². The van der Waals surface area contributed by atoms with Crippen molar-refractivity contribution in [2.45, 2.75) is 20.5 Å². The number of aryl methyl sites for hydroxylation is 2. The van der Waals surface area contributed by atoms with Crippen LogP contribution in [0.1, 0.15) is 27.2 Å². The molecule has 5 rings (SSSR count). The molecule has 0 saturated heterocycles. The molecule has 5 heteroatoms. The van der Waals surface area contributed by atoms with Crippen LogP contribution in [0.15, 0.2) is 54.6 Å². The summed E-state index contributed by atoms with van der Waals surface area (Å²) in [6.45, 7) is 4.11. The van der Waals surface area contributed by atoms with Gasteiger partial charge >= 0.3 is 5.97 Å². The van der Waals surface area contributed by atoms with Gasteiger partial charge in [-0.1, -0.05) is 30.3 Å². The minimum atomic E-state index is -0.407. The number of phenolic OH excluding ortho intramolecular Hbond substituents is 1. The summed E-state index contributed by atoms with van der Waals surface area (Å²) in [6.07, 6.45) is 0. The monoisotopic (exact) mass is 384 g/mol. The number of carbonyl (C=O) groups excluding carboxylic acids is 1. The quantitative estimate of drug-likeness (QED) is 0.360. The Hall–Kier alpha value is -3.73. The van der Waals surface area contributed by atoms with Crippen LogP contribution in [0.4, 0.5) is 0 Å². The summed E-state index contributed by atoms with van der Waals surface area (Å²) in [5.74, 6) is -0.256. The summed E-state index contributed by atoms with van der Waals surface area (Å²) in [4.78, 5) is 19.5. The second-order valence-corrected chi connectivity index (χ2v) is 7.39. The van der Waals surface area contributed by atoms with E-state index in [0.717, 1.165) is 49.4 Å². The summed E-state index contributed by atoms with van der Waals surface area (Å²) in [5.41, 5.74) is 6.28. The smallest absolute Gasteiger partial charge is 0.355 e. The first-order chi connectivity index (χ1) is 14.0. The number of esters is 1. The standard InChI is InChI=1S/C24H20N2O3/c1-13-21-14(2)23(24(28)29-12-15-6-5-7-16(27)10-15)26-20(21)11-18-17-8-3-4-9-19(17)25-22(13)18/h3-11,25-27H,12H2,1-2H3. The molecular formula is C24H20N2O3. The number of phenols is 1. The van der Waals surface area contributed by atoms with Gasteiger partial charge in [0.2, 0.25) is 0 Å². The first-order valence-corrected chi connectivity index (χ1v) is 9.50. The van der Waals surface area contributed by atoms with Crippen molar-refractivity contribution in [3.05, 3.63) is 77.0 Å². The van der Waals surface area contributed by atoms with E-state index in [1.165, 1.54) is 0 Å². The molecule has 0 bridgehead atoms. The lowest BCUT2D eigenvalue weighted by atomic mass is 10.0. The van der Waals surface area contributed by atoms with Crippen molar-refractivity contribution in [3.63, 3.8) is 0 Å². The third-order valence-corrected chi connectivity index (χ3v) is 5.55. The second-order valence-electron chi connectivity index (χ2n) is 7.39. The predicted molar refractivity (Wildman–Crippen MR) is 114 cm³/mol. The molecule has 0 spiro atoms. The molecule has 5 nitrogen and oxygen atoms in total. The average molecular weight is 384 g/mol. The molecule has 0 unspecified atom stereocenters. The number of hydrogen-bond acceptors (Lipinski definition) is 3. The molecule has 0 saturated carbocycles. The summed E-state index contributed by atoms with van der Waals surface area (Å²) < 4.78 is 5.48. The van der Waals surface area contributed by atoms with E-state index in [1.807, 2.05) is 25.1 Å². The van der Waals surface area contributed by atoms with Gasteiger partial charge in [-0.15, -0.1) is 0 Å². The van der Waals surface area contributed by atoms with E-state index in [0.29, 0.717) is 5.69 Å². The Kier molecular flexibility index (Phi) is 3.84. The number of benzene rings is 3. The molecule has 29 heavy (non-hydrogen) atoms. The fourth-order valence-corrected chi connectivity index (χ4v) is 4.16. The molecule has 0 aliphatic heterocycles. The Morgan fingerprint density at radius 2 is 1.76 bits per heavy atom. The topological polar surface area (TPSA) is 78.1 Å². The molecule has 2 aromatic heterocycles. The van der Waals surface area contributed by atoms with Crippen LogP contribution in [-0.4, -0.2) is 21.0 Å². The lowest BCUT2D eigenvalue weighted by Gasteiger charge is -2.05. The van der Waals surface area contributed by atoms with Gasteiger partial charge in [0.05, 0.1) is 5.52 Å². The van der Waals surface area contributed by atoms with Crippen molar-refractivity contribution >= 4 is 38.7 Å². The van der Waals surface area contributed by atoms with E-state index in [1.54, 1.807) is 18.2 Å². The summed E-state index contributed by atoms with van der Waals surface area (Å²) in [7, 11) is 0. The van der Waals surface area contributed by atoms with Crippen LogP contribution >= 0.6 is 0 Å². The highest BCUT2D eigenvalue weighted by Gasteiger charge is 2.20. The van der Waals surface area contributed by atoms with Crippen molar-refractivity contribution < 1.29 is 14.6 Å². The number of aromatic hydroxyl groups is 1. The molecule has 0 fully saturated rings. The molecule has 0 atom stereocenters. The SMILES string of the molecule is Cc1c(C(=O)OCc2cccc(O)c2)[nH]c2cc3c([nH]c4ccccc43)c(C)c12. The molecule has 5 aromatic rings. The third-order valence-electron chi connectivity index (χ3n) is 5.55. The van der Waals surface area contributed by atoms with Crippen LogP contribution in [0, 0.1) is 13.8 Å². The van der Waals surface area contributed by atoms with Crippen molar-refractivity contribution in [2.24, 2.45) is 0 Å². The first kappa shape index (κ1) is 17.4. The Morgan fingerprint density at radius 1 is 0.931 bits per heavy atom. The van der Waals surface area contributed by atoms with Crippen molar-refractivity contribution in [3.8, 4) is 5.75 Å². The number of hydrogen-bond donors (Lipinski definition) is 3. The maximum Gasteiger partial charge on any atom is 0.355 e. The molecule has 0 aliphatic carbocycles. The van der Waals surface area contributed by atoms with Gasteiger partial charge in [0.1, 0.15) is 18.1 Å². The number of para-hydroxylation sites is 1.